The molecule has 0 amide bonds. The Bertz CT molecular complexity index is 536. The minimum Gasteiger partial charge on any atom is -0.494 e. The van der Waals surface area contributed by atoms with Crippen LogP contribution in [0.25, 0.3) is 0 Å². The Balaban J connectivity index is 2.42. The highest BCUT2D eigenvalue weighted by Gasteiger charge is 2.29. The quantitative estimate of drug-likeness (QED) is 0.589. The molecular weight excluding hydrogens is 336 g/mol. The number of benzene rings is 1. The number of methoxy groups -OCH3 is 2. The largest absolute Gasteiger partial charge is 0.494 e. The van der Waals surface area contributed by atoms with Crippen molar-refractivity contribution in [1.29, 1.82) is 0 Å². The molecule has 0 spiro atoms. The van der Waals surface area contributed by atoms with E-state index < -0.39 is 10.8 Å². The molecule has 1 aromatic carbocycles. The molecular formula is C20H30O6. The van der Waals surface area contributed by atoms with Gasteiger partial charge in [-0.2, -0.15) is 0 Å². The molecule has 146 valence electrons. The number of carbonyl (C=O) groups is 2. The molecule has 0 heterocycles. The zero-order valence-electron chi connectivity index (χ0n) is 16.6. The van der Waals surface area contributed by atoms with E-state index in [-0.39, 0.29) is 11.9 Å². The van der Waals surface area contributed by atoms with Crippen molar-refractivity contribution in [1.82, 2.24) is 0 Å². The summed E-state index contributed by atoms with van der Waals surface area (Å²) < 4.78 is 20.9. The van der Waals surface area contributed by atoms with Crippen LogP contribution in [0.1, 0.15) is 40.5 Å². The molecule has 0 saturated carbocycles. The van der Waals surface area contributed by atoms with E-state index in [4.69, 9.17) is 18.9 Å². The average Bonchev–Trinajstić information content (AvgIpc) is 2.61. The number of carbonyl (C=O) groups excluding carboxylic acids is 2. The molecule has 0 aliphatic carbocycles. The Kier molecular flexibility index (Phi) is 7.93. The third-order valence-corrected chi connectivity index (χ3v) is 4.29. The fraction of sp³-hybridized carbons (Fsp3) is 0.600. The first-order valence-corrected chi connectivity index (χ1v) is 8.65. The molecule has 0 aliphatic rings. The smallest absolute Gasteiger partial charge is 0.311 e. The van der Waals surface area contributed by atoms with E-state index in [0.717, 1.165) is 0 Å². The van der Waals surface area contributed by atoms with Gasteiger partial charge < -0.3 is 18.9 Å². The van der Waals surface area contributed by atoms with Crippen LogP contribution in [0.3, 0.4) is 0 Å². The predicted octanol–water partition coefficient (Wildman–Crippen LogP) is 3.62. The van der Waals surface area contributed by atoms with Gasteiger partial charge in [-0.05, 0) is 64.8 Å². The van der Waals surface area contributed by atoms with Crippen molar-refractivity contribution in [3.8, 4) is 11.5 Å². The van der Waals surface area contributed by atoms with Gasteiger partial charge in [-0.25, -0.2) is 0 Å². The van der Waals surface area contributed by atoms with Crippen LogP contribution in [0.2, 0.25) is 0 Å². The van der Waals surface area contributed by atoms with Gasteiger partial charge in [-0.3, -0.25) is 9.59 Å². The molecule has 0 fully saturated rings. The highest BCUT2D eigenvalue weighted by molar-refractivity contribution is 5.76. The summed E-state index contributed by atoms with van der Waals surface area (Å²) in [5, 5.41) is 0. The normalized spacial score (nSPS) is 11.6. The maximum atomic E-state index is 11.6. The molecule has 6 heteroatoms. The minimum absolute atomic E-state index is 0.250. The van der Waals surface area contributed by atoms with Crippen molar-refractivity contribution in [2.24, 2.45) is 10.8 Å². The van der Waals surface area contributed by atoms with E-state index in [1.807, 2.05) is 52.0 Å². The van der Waals surface area contributed by atoms with E-state index in [9.17, 15) is 9.59 Å². The van der Waals surface area contributed by atoms with E-state index in [0.29, 0.717) is 37.6 Å². The minimum atomic E-state index is -0.579. The number of hydrogen-bond donors (Lipinski definition) is 0. The van der Waals surface area contributed by atoms with E-state index in [1.54, 1.807) is 0 Å². The van der Waals surface area contributed by atoms with Gasteiger partial charge >= 0.3 is 11.9 Å². The van der Waals surface area contributed by atoms with Crippen LogP contribution < -0.4 is 9.47 Å². The summed E-state index contributed by atoms with van der Waals surface area (Å²) in [6, 6.07) is 7.25. The lowest BCUT2D eigenvalue weighted by Gasteiger charge is -2.21. The Hall–Kier alpha value is -2.24. The molecule has 0 aliphatic heterocycles. The fourth-order valence-corrected chi connectivity index (χ4v) is 2.24. The third-order valence-electron chi connectivity index (χ3n) is 4.29. The first-order chi connectivity index (χ1) is 12.1. The SMILES string of the molecule is COC(=O)C(C)(C)CCOc1ccc(OCCC(C)(C)C(=O)OC)cc1. The first kappa shape index (κ1) is 21.8. The van der Waals surface area contributed by atoms with Crippen molar-refractivity contribution >= 4 is 11.9 Å². The molecule has 0 atom stereocenters. The van der Waals surface area contributed by atoms with Crippen LogP contribution in [0.5, 0.6) is 11.5 Å². The lowest BCUT2D eigenvalue weighted by Crippen LogP contribution is -2.27. The van der Waals surface area contributed by atoms with Gasteiger partial charge in [0.1, 0.15) is 11.5 Å². The van der Waals surface area contributed by atoms with Crippen LogP contribution in [0.15, 0.2) is 24.3 Å². The summed E-state index contributed by atoms with van der Waals surface area (Å²) in [4.78, 5) is 23.3. The van der Waals surface area contributed by atoms with Crippen molar-refractivity contribution in [3.05, 3.63) is 24.3 Å². The maximum absolute atomic E-state index is 11.6. The van der Waals surface area contributed by atoms with E-state index in [2.05, 4.69) is 0 Å². The van der Waals surface area contributed by atoms with Gasteiger partial charge in [-0.1, -0.05) is 0 Å². The highest BCUT2D eigenvalue weighted by atomic mass is 16.5. The Morgan fingerprint density at radius 2 is 1.04 bits per heavy atom. The third kappa shape index (κ3) is 6.58. The second-order valence-corrected chi connectivity index (χ2v) is 7.42. The second kappa shape index (κ2) is 9.46. The molecule has 0 unspecified atom stereocenters. The lowest BCUT2D eigenvalue weighted by atomic mass is 9.90. The highest BCUT2D eigenvalue weighted by Crippen LogP contribution is 2.25. The van der Waals surface area contributed by atoms with Gasteiger partial charge in [-0.15, -0.1) is 0 Å². The molecule has 6 nitrogen and oxygen atoms in total. The average molecular weight is 366 g/mol. The summed E-state index contributed by atoms with van der Waals surface area (Å²) in [5.41, 5.74) is -1.16. The molecule has 1 aromatic rings. The molecule has 0 N–H and O–H groups in total. The van der Waals surface area contributed by atoms with Gasteiger partial charge in [0, 0.05) is 0 Å². The van der Waals surface area contributed by atoms with Crippen LogP contribution in [0.4, 0.5) is 0 Å². The second-order valence-electron chi connectivity index (χ2n) is 7.42. The molecule has 0 bridgehead atoms. The number of esters is 2. The van der Waals surface area contributed by atoms with Crippen molar-refractivity contribution in [2.75, 3.05) is 27.4 Å². The zero-order chi connectivity index (χ0) is 19.8. The van der Waals surface area contributed by atoms with Gasteiger partial charge in [0.05, 0.1) is 38.3 Å². The van der Waals surface area contributed by atoms with Crippen molar-refractivity contribution in [3.63, 3.8) is 0 Å². The Labute approximate surface area is 155 Å². The summed E-state index contributed by atoms with van der Waals surface area (Å²) in [6.07, 6.45) is 1.11. The fourth-order valence-electron chi connectivity index (χ4n) is 2.24. The molecule has 0 saturated heterocycles. The molecule has 26 heavy (non-hydrogen) atoms. The van der Waals surface area contributed by atoms with Crippen LogP contribution in [-0.2, 0) is 19.1 Å². The first-order valence-electron chi connectivity index (χ1n) is 8.65. The van der Waals surface area contributed by atoms with Gasteiger partial charge in [0.2, 0.25) is 0 Å². The number of rotatable bonds is 10. The summed E-state index contributed by atoms with van der Waals surface area (Å²) >= 11 is 0. The van der Waals surface area contributed by atoms with Crippen molar-refractivity contribution in [2.45, 2.75) is 40.5 Å². The topological polar surface area (TPSA) is 71.1 Å². The number of ether oxygens (including phenoxy) is 4. The lowest BCUT2D eigenvalue weighted by molar-refractivity contribution is -0.152. The monoisotopic (exact) mass is 366 g/mol. The predicted molar refractivity (Wildman–Crippen MR) is 98.3 cm³/mol. The molecule has 1 rings (SSSR count). The van der Waals surface area contributed by atoms with Crippen LogP contribution >= 0.6 is 0 Å². The van der Waals surface area contributed by atoms with Crippen molar-refractivity contribution < 1.29 is 28.5 Å². The van der Waals surface area contributed by atoms with Gasteiger partial charge in [0.15, 0.2) is 0 Å². The maximum Gasteiger partial charge on any atom is 0.311 e. The standard InChI is InChI=1S/C20H30O6/c1-19(2,17(21)23-5)11-13-25-15-7-9-16(10-8-15)26-14-12-20(3,4)18(22)24-6/h7-10H,11-14H2,1-6H3. The zero-order valence-corrected chi connectivity index (χ0v) is 16.6. The van der Waals surface area contributed by atoms with E-state index >= 15 is 0 Å². The van der Waals surface area contributed by atoms with Crippen LogP contribution in [-0.4, -0.2) is 39.4 Å². The van der Waals surface area contributed by atoms with E-state index in [1.165, 1.54) is 14.2 Å². The molecule has 0 aromatic heterocycles. The summed E-state index contributed by atoms with van der Waals surface area (Å²) in [5.74, 6) is 0.903. The summed E-state index contributed by atoms with van der Waals surface area (Å²) in [7, 11) is 2.77. The Morgan fingerprint density at radius 3 is 1.31 bits per heavy atom. The molecule has 0 radical (unpaired) electrons. The summed E-state index contributed by atoms with van der Waals surface area (Å²) in [6.45, 7) is 8.14. The van der Waals surface area contributed by atoms with Gasteiger partial charge in [0.25, 0.3) is 0 Å². The van der Waals surface area contributed by atoms with Crippen LogP contribution in [0, 0.1) is 10.8 Å². The Morgan fingerprint density at radius 1 is 0.731 bits per heavy atom. The number of hydrogen-bond acceptors (Lipinski definition) is 6.